The van der Waals surface area contributed by atoms with Gasteiger partial charge in [-0.3, -0.25) is 14.7 Å². The van der Waals surface area contributed by atoms with Gasteiger partial charge in [0, 0.05) is 30.2 Å². The largest absolute Gasteiger partial charge is 0.480 e. The number of nitrogens with zero attached hydrogens (tertiary/aromatic N) is 2. The number of carbonyl (C=O) groups is 2. The van der Waals surface area contributed by atoms with Crippen molar-refractivity contribution < 1.29 is 23.5 Å². The van der Waals surface area contributed by atoms with Gasteiger partial charge in [-0.25, -0.2) is 13.6 Å². The van der Waals surface area contributed by atoms with Crippen molar-refractivity contribution in [2.45, 2.75) is 37.9 Å². The lowest BCUT2D eigenvalue weighted by Gasteiger charge is -2.24. The minimum absolute atomic E-state index is 0.0429. The number of nitrogens with one attached hydrogen (secondary N) is 1. The molecule has 2 atom stereocenters. The third kappa shape index (κ3) is 6.95. The van der Waals surface area contributed by atoms with Gasteiger partial charge in [0.2, 0.25) is 5.91 Å². The second kappa shape index (κ2) is 13.3. The molecule has 0 unspecified atom stereocenters. The summed E-state index contributed by atoms with van der Waals surface area (Å²) in [5, 5.41) is 13.1. The summed E-state index contributed by atoms with van der Waals surface area (Å²) in [5.41, 5.74) is 3.18. The van der Waals surface area contributed by atoms with Gasteiger partial charge in [-0.15, -0.1) is 0 Å². The highest BCUT2D eigenvalue weighted by Crippen LogP contribution is 2.26. The number of likely N-dealkylation sites (tertiary alicyclic amines) is 1. The Hall–Kier alpha value is -4.69. The topological polar surface area (TPSA) is 82.0 Å². The van der Waals surface area contributed by atoms with E-state index >= 15 is 0 Å². The zero-order valence-electron chi connectivity index (χ0n) is 22.9. The van der Waals surface area contributed by atoms with E-state index in [-0.39, 0.29) is 23.9 Å². The number of para-hydroxylation sites is 1. The molecule has 1 aliphatic heterocycles. The SMILES string of the molecule is O=C(O)[C@H](Cc1ccc(F)cc1F)N=C(c1ccccc1)c1ccccc1NC(=O)[C@@H]1CCCN1Cc1ccccc1. The van der Waals surface area contributed by atoms with Crippen LogP contribution in [0.15, 0.2) is 108 Å². The normalized spacial score (nSPS) is 16.2. The number of aliphatic imine (C=N–C) groups is 1. The van der Waals surface area contributed by atoms with Crippen LogP contribution in [0.4, 0.5) is 14.5 Å². The van der Waals surface area contributed by atoms with Crippen LogP contribution in [0.1, 0.15) is 35.1 Å². The van der Waals surface area contributed by atoms with Gasteiger partial charge in [-0.2, -0.15) is 0 Å². The van der Waals surface area contributed by atoms with E-state index in [9.17, 15) is 23.5 Å². The zero-order valence-corrected chi connectivity index (χ0v) is 22.9. The van der Waals surface area contributed by atoms with Crippen LogP contribution in [-0.2, 0) is 22.6 Å². The number of carboxylic acid groups (broad SMARTS) is 1. The van der Waals surface area contributed by atoms with Crippen molar-refractivity contribution in [1.29, 1.82) is 0 Å². The highest BCUT2D eigenvalue weighted by atomic mass is 19.1. The first-order valence-corrected chi connectivity index (χ1v) is 13.9. The number of anilines is 1. The Morgan fingerprint density at radius 2 is 1.62 bits per heavy atom. The molecule has 4 aromatic rings. The summed E-state index contributed by atoms with van der Waals surface area (Å²) in [4.78, 5) is 32.7. The monoisotopic (exact) mass is 567 g/mol. The van der Waals surface area contributed by atoms with Crippen molar-refractivity contribution in [3.8, 4) is 0 Å². The summed E-state index contributed by atoms with van der Waals surface area (Å²) in [7, 11) is 0. The quantitative estimate of drug-likeness (QED) is 0.227. The number of hydrogen-bond acceptors (Lipinski definition) is 4. The maximum Gasteiger partial charge on any atom is 0.328 e. The molecule has 1 amide bonds. The third-order valence-corrected chi connectivity index (χ3v) is 7.38. The molecule has 2 N–H and O–H groups in total. The number of hydrogen-bond donors (Lipinski definition) is 2. The first kappa shape index (κ1) is 28.8. The summed E-state index contributed by atoms with van der Waals surface area (Å²) >= 11 is 0. The van der Waals surface area contributed by atoms with Crippen LogP contribution in [0.25, 0.3) is 0 Å². The van der Waals surface area contributed by atoms with Crippen molar-refractivity contribution in [2.24, 2.45) is 4.99 Å². The number of benzene rings is 4. The van der Waals surface area contributed by atoms with Gasteiger partial charge in [0.25, 0.3) is 0 Å². The Morgan fingerprint density at radius 1 is 0.929 bits per heavy atom. The maximum absolute atomic E-state index is 14.4. The molecule has 0 aromatic heterocycles. The van der Waals surface area contributed by atoms with Crippen molar-refractivity contribution in [3.63, 3.8) is 0 Å². The fourth-order valence-corrected chi connectivity index (χ4v) is 5.28. The molecule has 4 aromatic carbocycles. The Labute approximate surface area is 243 Å². The first-order valence-electron chi connectivity index (χ1n) is 13.9. The average molecular weight is 568 g/mol. The molecular weight excluding hydrogens is 536 g/mol. The van der Waals surface area contributed by atoms with Gasteiger partial charge in [-0.1, -0.05) is 84.9 Å². The predicted molar refractivity (Wildman–Crippen MR) is 159 cm³/mol. The van der Waals surface area contributed by atoms with Gasteiger partial charge >= 0.3 is 5.97 Å². The van der Waals surface area contributed by atoms with E-state index in [1.165, 1.54) is 6.07 Å². The predicted octanol–water partition coefficient (Wildman–Crippen LogP) is 6.10. The fraction of sp³-hybridized carbons (Fsp3) is 0.206. The molecule has 1 saturated heterocycles. The van der Waals surface area contributed by atoms with E-state index in [4.69, 9.17) is 0 Å². The lowest BCUT2D eigenvalue weighted by molar-refractivity contribution is -0.138. The van der Waals surface area contributed by atoms with Gasteiger partial charge in [0.05, 0.1) is 17.4 Å². The van der Waals surface area contributed by atoms with Gasteiger partial charge in [0.15, 0.2) is 6.04 Å². The molecule has 6 nitrogen and oxygen atoms in total. The number of carboxylic acids is 1. The van der Waals surface area contributed by atoms with Gasteiger partial charge in [-0.05, 0) is 42.6 Å². The van der Waals surface area contributed by atoms with Crippen LogP contribution < -0.4 is 5.32 Å². The smallest absolute Gasteiger partial charge is 0.328 e. The van der Waals surface area contributed by atoms with Crippen LogP contribution in [0.3, 0.4) is 0 Å². The Kier molecular flexibility index (Phi) is 9.14. The van der Waals surface area contributed by atoms with Crippen molar-refractivity contribution in [3.05, 3.63) is 137 Å². The van der Waals surface area contributed by atoms with Crippen molar-refractivity contribution in [1.82, 2.24) is 4.90 Å². The van der Waals surface area contributed by atoms with E-state index < -0.39 is 23.6 Å². The van der Waals surface area contributed by atoms with Crippen LogP contribution in [0.5, 0.6) is 0 Å². The van der Waals surface area contributed by atoms with Crippen LogP contribution in [-0.4, -0.2) is 46.2 Å². The molecule has 8 heteroatoms. The molecule has 42 heavy (non-hydrogen) atoms. The molecule has 1 aliphatic rings. The number of rotatable bonds is 10. The molecule has 0 radical (unpaired) electrons. The fourth-order valence-electron chi connectivity index (χ4n) is 5.28. The maximum atomic E-state index is 14.4. The van der Waals surface area contributed by atoms with Crippen molar-refractivity contribution in [2.75, 3.05) is 11.9 Å². The van der Waals surface area contributed by atoms with E-state index in [0.717, 1.165) is 37.1 Å². The van der Waals surface area contributed by atoms with Crippen molar-refractivity contribution >= 4 is 23.3 Å². The Morgan fingerprint density at radius 3 is 2.33 bits per heavy atom. The molecule has 5 rings (SSSR count). The average Bonchev–Trinajstić information content (AvgIpc) is 3.46. The lowest BCUT2D eigenvalue weighted by Crippen LogP contribution is -2.39. The second-order valence-electron chi connectivity index (χ2n) is 10.3. The molecule has 1 fully saturated rings. The molecule has 0 saturated carbocycles. The number of aliphatic carboxylic acids is 1. The van der Waals surface area contributed by atoms with E-state index in [1.807, 2.05) is 36.4 Å². The Balaban J connectivity index is 1.47. The van der Waals surface area contributed by atoms with Gasteiger partial charge < -0.3 is 10.4 Å². The van der Waals surface area contributed by atoms with E-state index in [1.54, 1.807) is 48.5 Å². The van der Waals surface area contributed by atoms with Crippen LogP contribution in [0.2, 0.25) is 0 Å². The van der Waals surface area contributed by atoms with Crippen LogP contribution in [0, 0.1) is 11.6 Å². The van der Waals surface area contributed by atoms with Gasteiger partial charge in [0.1, 0.15) is 11.6 Å². The Bertz CT molecular complexity index is 1580. The molecular formula is C34H31F2N3O3. The molecule has 0 spiro atoms. The molecule has 0 aliphatic carbocycles. The second-order valence-corrected chi connectivity index (χ2v) is 10.3. The number of halogens is 2. The highest BCUT2D eigenvalue weighted by molar-refractivity contribution is 6.17. The standard InChI is InChI=1S/C34H31F2N3O3/c35-26-18-17-25(28(36)21-26)20-30(34(41)42)37-32(24-12-5-2-6-13-24)27-14-7-8-15-29(27)38-33(40)31-16-9-19-39(31)22-23-10-3-1-4-11-23/h1-8,10-15,17-18,21,30-31H,9,16,19-20,22H2,(H,38,40)(H,41,42)/t30-,31-/m0/s1. The third-order valence-electron chi connectivity index (χ3n) is 7.38. The lowest BCUT2D eigenvalue weighted by atomic mass is 9.98. The summed E-state index contributed by atoms with van der Waals surface area (Å²) in [6.45, 7) is 1.48. The van der Waals surface area contributed by atoms with Crippen LogP contribution >= 0.6 is 0 Å². The molecule has 214 valence electrons. The van der Waals surface area contributed by atoms with E-state index in [2.05, 4.69) is 15.2 Å². The minimum atomic E-state index is -1.36. The highest BCUT2D eigenvalue weighted by Gasteiger charge is 2.31. The van der Waals surface area contributed by atoms with E-state index in [0.29, 0.717) is 29.1 Å². The summed E-state index contributed by atoms with van der Waals surface area (Å²) in [6.07, 6.45) is 1.36. The minimum Gasteiger partial charge on any atom is -0.480 e. The zero-order chi connectivity index (χ0) is 29.5. The molecule has 0 bridgehead atoms. The summed E-state index contributed by atoms with van der Waals surface area (Å²) in [5.74, 6) is -2.98. The first-order chi connectivity index (χ1) is 20.4. The number of amides is 1. The summed E-state index contributed by atoms with van der Waals surface area (Å²) in [6, 6.07) is 27.5. The number of carbonyl (C=O) groups excluding carboxylic acids is 1. The summed E-state index contributed by atoms with van der Waals surface area (Å²) < 4.78 is 27.9. The molecule has 1 heterocycles.